The Hall–Kier alpha value is -3.41. The van der Waals surface area contributed by atoms with Crippen molar-refractivity contribution in [2.24, 2.45) is 0 Å². The monoisotopic (exact) mass is 391 g/mol. The fraction of sp³-hybridized carbons (Fsp3) is 0.261. The Morgan fingerprint density at radius 2 is 1.86 bits per heavy atom. The number of methoxy groups -OCH3 is 2. The van der Waals surface area contributed by atoms with Gasteiger partial charge in [-0.05, 0) is 42.3 Å². The molecule has 29 heavy (non-hydrogen) atoms. The fourth-order valence-electron chi connectivity index (χ4n) is 3.97. The molecule has 0 fully saturated rings. The standard InChI is InChI=1S/C23H25N3O3/c1-4-18-20-10-7-13-25(20)19-9-6-5-8-16(19)15-26(18)23(27)24-17-11-12-21(28-2)22(14-17)29-3/h5-14,18H,4,15H2,1-3H3,(H,24,27)/t18-/m0/s1. The molecule has 1 aliphatic rings. The number of fused-ring (bicyclic) bond motifs is 3. The number of aromatic nitrogens is 1. The molecule has 150 valence electrons. The van der Waals surface area contributed by atoms with E-state index in [1.807, 2.05) is 29.2 Å². The number of para-hydroxylation sites is 1. The van der Waals surface area contributed by atoms with E-state index in [1.54, 1.807) is 26.4 Å². The van der Waals surface area contributed by atoms with Crippen LogP contribution < -0.4 is 14.8 Å². The molecule has 0 bridgehead atoms. The predicted octanol–water partition coefficient (Wildman–Crippen LogP) is 4.99. The largest absolute Gasteiger partial charge is 0.493 e. The van der Waals surface area contributed by atoms with Crippen LogP contribution in [-0.4, -0.2) is 29.7 Å². The predicted molar refractivity (Wildman–Crippen MR) is 113 cm³/mol. The van der Waals surface area contributed by atoms with Gasteiger partial charge in [0.2, 0.25) is 0 Å². The van der Waals surface area contributed by atoms with Crippen LogP contribution in [0.15, 0.2) is 60.8 Å². The van der Waals surface area contributed by atoms with Crippen LogP contribution in [0, 0.1) is 0 Å². The van der Waals surface area contributed by atoms with Gasteiger partial charge in [0.25, 0.3) is 0 Å². The Bertz CT molecular complexity index is 1030. The van der Waals surface area contributed by atoms with Gasteiger partial charge >= 0.3 is 6.03 Å². The minimum Gasteiger partial charge on any atom is -0.493 e. The van der Waals surface area contributed by atoms with Crippen molar-refractivity contribution in [1.29, 1.82) is 0 Å². The third-order valence-electron chi connectivity index (χ3n) is 5.37. The SMILES string of the molecule is CC[C@H]1c2cccn2-c2ccccc2CN1C(=O)Nc1ccc(OC)c(OC)c1. The van der Waals surface area contributed by atoms with Crippen molar-refractivity contribution < 1.29 is 14.3 Å². The van der Waals surface area contributed by atoms with Gasteiger partial charge in [0.05, 0.1) is 32.5 Å². The quantitative estimate of drug-likeness (QED) is 0.681. The number of amides is 2. The molecular weight excluding hydrogens is 366 g/mol. The van der Waals surface area contributed by atoms with Gasteiger partial charge in [-0.1, -0.05) is 25.1 Å². The first-order valence-corrected chi connectivity index (χ1v) is 9.71. The molecule has 6 heteroatoms. The van der Waals surface area contributed by atoms with E-state index in [1.165, 1.54) is 0 Å². The molecule has 2 aromatic carbocycles. The van der Waals surface area contributed by atoms with Gasteiger partial charge in [0.15, 0.2) is 11.5 Å². The number of nitrogens with one attached hydrogen (secondary N) is 1. The van der Waals surface area contributed by atoms with Gasteiger partial charge in [-0.3, -0.25) is 0 Å². The van der Waals surface area contributed by atoms with Crippen molar-refractivity contribution in [1.82, 2.24) is 9.47 Å². The highest BCUT2D eigenvalue weighted by Gasteiger charge is 2.30. The number of hydrogen-bond donors (Lipinski definition) is 1. The number of hydrogen-bond acceptors (Lipinski definition) is 3. The molecule has 1 aliphatic heterocycles. The Morgan fingerprint density at radius 3 is 2.62 bits per heavy atom. The van der Waals surface area contributed by atoms with Crippen LogP contribution in [0.5, 0.6) is 11.5 Å². The third-order valence-corrected chi connectivity index (χ3v) is 5.37. The van der Waals surface area contributed by atoms with Gasteiger partial charge < -0.3 is 24.3 Å². The van der Waals surface area contributed by atoms with E-state index >= 15 is 0 Å². The van der Waals surface area contributed by atoms with Gasteiger partial charge in [-0.2, -0.15) is 0 Å². The van der Waals surface area contributed by atoms with E-state index in [4.69, 9.17) is 9.47 Å². The van der Waals surface area contributed by atoms with Crippen molar-refractivity contribution in [2.75, 3.05) is 19.5 Å². The van der Waals surface area contributed by atoms with Crippen molar-refractivity contribution in [2.45, 2.75) is 25.9 Å². The topological polar surface area (TPSA) is 55.7 Å². The first kappa shape index (κ1) is 18.9. The number of anilines is 1. The molecule has 2 heterocycles. The summed E-state index contributed by atoms with van der Waals surface area (Å²) in [6.07, 6.45) is 2.88. The lowest BCUT2D eigenvalue weighted by molar-refractivity contribution is 0.181. The molecule has 4 rings (SSSR count). The summed E-state index contributed by atoms with van der Waals surface area (Å²) in [7, 11) is 3.17. The van der Waals surface area contributed by atoms with Crippen LogP contribution >= 0.6 is 0 Å². The zero-order valence-corrected chi connectivity index (χ0v) is 16.9. The molecular formula is C23H25N3O3. The van der Waals surface area contributed by atoms with E-state index in [-0.39, 0.29) is 12.1 Å². The minimum absolute atomic E-state index is 0.0301. The smallest absolute Gasteiger partial charge is 0.322 e. The molecule has 3 aromatic rings. The van der Waals surface area contributed by atoms with Gasteiger partial charge in [0, 0.05) is 23.6 Å². The van der Waals surface area contributed by atoms with Crippen LogP contribution in [-0.2, 0) is 6.54 Å². The van der Waals surface area contributed by atoms with Crippen molar-refractivity contribution >= 4 is 11.7 Å². The lowest BCUT2D eigenvalue weighted by atomic mass is 10.1. The van der Waals surface area contributed by atoms with Crippen LogP contribution in [0.4, 0.5) is 10.5 Å². The first-order chi connectivity index (χ1) is 14.2. The van der Waals surface area contributed by atoms with Gasteiger partial charge in [-0.15, -0.1) is 0 Å². The van der Waals surface area contributed by atoms with E-state index in [9.17, 15) is 4.79 Å². The molecule has 0 saturated heterocycles. The molecule has 0 aliphatic carbocycles. The highest BCUT2D eigenvalue weighted by molar-refractivity contribution is 5.90. The Kier molecular flexibility index (Phi) is 5.16. The summed E-state index contributed by atoms with van der Waals surface area (Å²) in [5.41, 5.74) is 4.01. The van der Waals surface area contributed by atoms with Crippen LogP contribution in [0.2, 0.25) is 0 Å². The maximum absolute atomic E-state index is 13.3. The molecule has 1 atom stereocenters. The van der Waals surface area contributed by atoms with Crippen molar-refractivity contribution in [3.05, 3.63) is 72.1 Å². The van der Waals surface area contributed by atoms with Crippen LogP contribution in [0.3, 0.4) is 0 Å². The highest BCUT2D eigenvalue weighted by Crippen LogP contribution is 2.35. The molecule has 0 saturated carbocycles. The molecule has 0 spiro atoms. The molecule has 2 amide bonds. The molecule has 0 radical (unpaired) electrons. The minimum atomic E-state index is -0.145. The number of benzene rings is 2. The molecule has 1 aromatic heterocycles. The second-order valence-electron chi connectivity index (χ2n) is 6.98. The number of urea groups is 1. The summed E-state index contributed by atoms with van der Waals surface area (Å²) >= 11 is 0. The average molecular weight is 391 g/mol. The van der Waals surface area contributed by atoms with Gasteiger partial charge in [0.1, 0.15) is 0 Å². The molecule has 1 N–H and O–H groups in total. The van der Waals surface area contributed by atoms with E-state index < -0.39 is 0 Å². The summed E-state index contributed by atoms with van der Waals surface area (Å²) in [4.78, 5) is 15.2. The van der Waals surface area contributed by atoms with E-state index in [0.29, 0.717) is 23.7 Å². The normalized spacial score (nSPS) is 15.1. The summed E-state index contributed by atoms with van der Waals surface area (Å²) in [5, 5.41) is 3.03. The average Bonchev–Trinajstić information content (AvgIpc) is 3.18. The maximum atomic E-state index is 13.3. The van der Waals surface area contributed by atoms with Crippen LogP contribution in [0.25, 0.3) is 5.69 Å². The van der Waals surface area contributed by atoms with Crippen molar-refractivity contribution in [3.8, 4) is 17.2 Å². The summed E-state index contributed by atoms with van der Waals surface area (Å²) in [6.45, 7) is 2.64. The maximum Gasteiger partial charge on any atom is 0.322 e. The van der Waals surface area contributed by atoms with E-state index in [0.717, 1.165) is 23.4 Å². The van der Waals surface area contributed by atoms with Crippen molar-refractivity contribution in [3.63, 3.8) is 0 Å². The third kappa shape index (κ3) is 3.42. The zero-order chi connectivity index (χ0) is 20.4. The number of carbonyl (C=O) groups is 1. The number of rotatable bonds is 4. The Labute approximate surface area is 170 Å². The number of carbonyl (C=O) groups excluding carboxylic acids is 1. The van der Waals surface area contributed by atoms with E-state index in [2.05, 4.69) is 41.2 Å². The molecule has 0 unspecified atom stereocenters. The Morgan fingerprint density at radius 1 is 1.07 bits per heavy atom. The first-order valence-electron chi connectivity index (χ1n) is 9.71. The second-order valence-corrected chi connectivity index (χ2v) is 6.98. The number of ether oxygens (including phenoxy) is 2. The van der Waals surface area contributed by atoms with Crippen LogP contribution in [0.1, 0.15) is 30.6 Å². The summed E-state index contributed by atoms with van der Waals surface area (Å²) in [6, 6.07) is 17.5. The second kappa shape index (κ2) is 7.91. The summed E-state index contributed by atoms with van der Waals surface area (Å²) < 4.78 is 12.8. The lowest BCUT2D eigenvalue weighted by Crippen LogP contribution is -2.37. The van der Waals surface area contributed by atoms with Gasteiger partial charge in [-0.25, -0.2) is 4.79 Å². The summed E-state index contributed by atoms with van der Waals surface area (Å²) in [5.74, 6) is 1.20. The zero-order valence-electron chi connectivity index (χ0n) is 16.9. The Balaban J connectivity index is 1.68. The highest BCUT2D eigenvalue weighted by atomic mass is 16.5. The molecule has 6 nitrogen and oxygen atoms in total. The fourth-order valence-corrected chi connectivity index (χ4v) is 3.97. The number of nitrogens with zero attached hydrogens (tertiary/aromatic N) is 2. The lowest BCUT2D eigenvalue weighted by Gasteiger charge is -2.29.